The standard InChI is InChI=1S/C10H8O7S2.2K/c11-9-4-7-3-8(18(12,13)14)2-1-6(7)5-10(9)19(15,16)17;;/h1-5,11H,(H,12,13,14)(H,15,16,17);;/q;2*+1/p-2. The van der Waals surface area contributed by atoms with Gasteiger partial charge in [0, 0.05) is 0 Å². The van der Waals surface area contributed by atoms with Crippen LogP contribution in [0.25, 0.3) is 10.8 Å². The Kier molecular flexibility index (Phi) is 8.73. The van der Waals surface area contributed by atoms with Gasteiger partial charge in [-0.1, -0.05) is 17.9 Å². The molecule has 2 rings (SSSR count). The quantitative estimate of drug-likeness (QED) is 0.405. The fourth-order valence-electron chi connectivity index (χ4n) is 1.59. The van der Waals surface area contributed by atoms with Gasteiger partial charge in [0.2, 0.25) is 0 Å². The molecule has 0 aliphatic rings. The van der Waals surface area contributed by atoms with Gasteiger partial charge in [-0.15, -0.1) is 0 Å². The fourth-order valence-corrected chi connectivity index (χ4v) is 2.69. The van der Waals surface area contributed by atoms with Crippen LogP contribution in [0.3, 0.4) is 0 Å². The molecular weight excluding hydrogens is 374 g/mol. The molecule has 0 atom stereocenters. The molecule has 0 aliphatic heterocycles. The van der Waals surface area contributed by atoms with Crippen LogP contribution >= 0.6 is 0 Å². The van der Waals surface area contributed by atoms with E-state index >= 15 is 0 Å². The molecule has 0 heterocycles. The Labute approximate surface area is 206 Å². The molecule has 0 aliphatic carbocycles. The Morgan fingerprint density at radius 3 is 1.95 bits per heavy atom. The molecule has 0 saturated carbocycles. The maximum absolute atomic E-state index is 11.5. The normalized spacial score (nSPS) is 11.5. The summed E-state index contributed by atoms with van der Waals surface area (Å²) in [6.45, 7) is 0. The van der Waals surface area contributed by atoms with E-state index in [2.05, 4.69) is 0 Å². The fraction of sp³-hybridized carbons (Fsp3) is 0. The minimum atomic E-state index is -4.67. The molecule has 0 saturated heterocycles. The minimum Gasteiger partial charge on any atom is -0.872 e. The summed E-state index contributed by atoms with van der Waals surface area (Å²) in [4.78, 5) is -1.34. The molecular formula is C10H6K2O7S2. The maximum atomic E-state index is 11.5. The second kappa shape index (κ2) is 8.11. The van der Waals surface area contributed by atoms with Crippen LogP contribution in [0.15, 0.2) is 40.1 Å². The van der Waals surface area contributed by atoms with Gasteiger partial charge in [-0.05, 0) is 29.0 Å². The van der Waals surface area contributed by atoms with Crippen LogP contribution in [0.2, 0.25) is 0 Å². The minimum absolute atomic E-state index is 0. The molecule has 0 fully saturated rings. The molecule has 11 heteroatoms. The second-order valence-corrected chi connectivity index (χ2v) is 6.51. The average molecular weight is 380 g/mol. The van der Waals surface area contributed by atoms with E-state index in [1.165, 1.54) is 6.07 Å². The van der Waals surface area contributed by atoms with Crippen LogP contribution in [0.1, 0.15) is 0 Å². The zero-order chi connectivity index (χ0) is 14.4. The van der Waals surface area contributed by atoms with Crippen molar-refractivity contribution in [2.45, 2.75) is 9.79 Å². The molecule has 0 bridgehead atoms. The Bertz CT molecular complexity index is 876. The summed E-state index contributed by atoms with van der Waals surface area (Å²) in [6, 6.07) is 4.88. The molecule has 0 unspecified atom stereocenters. The average Bonchev–Trinajstić information content (AvgIpc) is 2.24. The van der Waals surface area contributed by atoms with Gasteiger partial charge in [0.15, 0.2) is 0 Å². The molecule has 21 heavy (non-hydrogen) atoms. The predicted molar refractivity (Wildman–Crippen MR) is 61.2 cm³/mol. The third-order valence-electron chi connectivity index (χ3n) is 2.44. The molecule has 0 spiro atoms. The third kappa shape index (κ3) is 5.57. The number of benzene rings is 2. The third-order valence-corrected chi connectivity index (χ3v) is 4.15. The van der Waals surface area contributed by atoms with Crippen molar-refractivity contribution in [1.29, 1.82) is 0 Å². The van der Waals surface area contributed by atoms with Crippen LogP contribution in [-0.2, 0) is 20.2 Å². The first-order valence-corrected chi connectivity index (χ1v) is 7.62. The molecule has 0 amide bonds. The number of hydrogen-bond donors (Lipinski definition) is 1. The van der Waals surface area contributed by atoms with Crippen LogP contribution in [0.5, 0.6) is 5.75 Å². The zero-order valence-electron chi connectivity index (χ0n) is 11.1. The van der Waals surface area contributed by atoms with Gasteiger partial charge < -0.3 is 9.66 Å². The van der Waals surface area contributed by atoms with Crippen molar-refractivity contribution in [3.63, 3.8) is 0 Å². The zero-order valence-corrected chi connectivity index (χ0v) is 19.0. The Hall–Kier alpha value is 1.59. The summed E-state index contributed by atoms with van der Waals surface area (Å²) in [5, 5.41) is 11.8. The predicted octanol–water partition coefficient (Wildman–Crippen LogP) is -5.93. The van der Waals surface area contributed by atoms with Gasteiger partial charge in [-0.2, -0.15) is 8.42 Å². The van der Waals surface area contributed by atoms with Gasteiger partial charge in [-0.3, -0.25) is 4.55 Å². The van der Waals surface area contributed by atoms with Crippen LogP contribution in [0, 0.1) is 0 Å². The summed E-state index contributed by atoms with van der Waals surface area (Å²) in [5.74, 6) is -0.990. The van der Waals surface area contributed by atoms with E-state index in [-0.39, 0.29) is 114 Å². The van der Waals surface area contributed by atoms with Crippen molar-refractivity contribution in [3.8, 4) is 5.75 Å². The first-order chi connectivity index (χ1) is 8.59. The van der Waals surface area contributed by atoms with E-state index in [1.807, 2.05) is 0 Å². The van der Waals surface area contributed by atoms with Crippen LogP contribution in [0.4, 0.5) is 0 Å². The first-order valence-electron chi connectivity index (χ1n) is 4.77. The number of fused-ring (bicyclic) bond motifs is 1. The van der Waals surface area contributed by atoms with Gasteiger partial charge in [0.1, 0.15) is 10.1 Å². The van der Waals surface area contributed by atoms with Crippen molar-refractivity contribution < 1.29 is 134 Å². The van der Waals surface area contributed by atoms with Crippen molar-refractivity contribution in [2.24, 2.45) is 0 Å². The molecule has 2 aromatic rings. The van der Waals surface area contributed by atoms with E-state index in [9.17, 15) is 26.5 Å². The molecule has 102 valence electrons. The van der Waals surface area contributed by atoms with Gasteiger partial charge in [0.05, 0.1) is 9.79 Å². The van der Waals surface area contributed by atoms with Gasteiger partial charge >= 0.3 is 103 Å². The molecule has 7 nitrogen and oxygen atoms in total. The van der Waals surface area contributed by atoms with Crippen molar-refractivity contribution in [3.05, 3.63) is 30.3 Å². The SMILES string of the molecule is O=S(=O)([O-])c1ccc2cc(S(=O)(=O)O)c([O-])cc2c1.[K+].[K+]. The largest absolute Gasteiger partial charge is 1.00 e. The van der Waals surface area contributed by atoms with Crippen molar-refractivity contribution in [1.82, 2.24) is 0 Å². The smallest absolute Gasteiger partial charge is 0.872 e. The summed E-state index contributed by atoms with van der Waals surface area (Å²) in [7, 11) is -9.32. The number of rotatable bonds is 2. The molecule has 1 N–H and O–H groups in total. The van der Waals surface area contributed by atoms with E-state index in [4.69, 9.17) is 4.55 Å². The van der Waals surface area contributed by atoms with Crippen LogP contribution in [-0.4, -0.2) is 25.9 Å². The topological polar surface area (TPSA) is 135 Å². The van der Waals surface area contributed by atoms with E-state index in [0.29, 0.717) is 0 Å². The van der Waals surface area contributed by atoms with Gasteiger partial charge in [0.25, 0.3) is 10.1 Å². The molecule has 0 radical (unpaired) electrons. The summed E-state index contributed by atoms with van der Waals surface area (Å²) < 4.78 is 63.2. The number of hydrogen-bond acceptors (Lipinski definition) is 6. The second-order valence-electron chi connectivity index (χ2n) is 3.74. The van der Waals surface area contributed by atoms with E-state index in [1.54, 1.807) is 0 Å². The monoisotopic (exact) mass is 380 g/mol. The maximum Gasteiger partial charge on any atom is 1.00 e. The van der Waals surface area contributed by atoms with Gasteiger partial charge in [-0.25, -0.2) is 8.42 Å². The van der Waals surface area contributed by atoms with Crippen molar-refractivity contribution >= 4 is 31.0 Å². The van der Waals surface area contributed by atoms with Crippen LogP contribution < -0.4 is 108 Å². The van der Waals surface area contributed by atoms with Crippen molar-refractivity contribution in [2.75, 3.05) is 0 Å². The summed E-state index contributed by atoms with van der Waals surface area (Å²) in [5.41, 5.74) is 0. The first kappa shape index (κ1) is 22.6. The summed E-state index contributed by atoms with van der Waals surface area (Å²) >= 11 is 0. The molecule has 0 aromatic heterocycles. The van der Waals surface area contributed by atoms with E-state index < -0.39 is 35.8 Å². The van der Waals surface area contributed by atoms with E-state index in [0.717, 1.165) is 24.3 Å². The Morgan fingerprint density at radius 1 is 0.905 bits per heavy atom. The Morgan fingerprint density at radius 2 is 1.48 bits per heavy atom. The Balaban J connectivity index is 0.00000200. The molecule has 2 aromatic carbocycles. The summed E-state index contributed by atoms with van der Waals surface area (Å²) in [6.07, 6.45) is 0.